The molecule has 7 unspecified atom stereocenters. The van der Waals surface area contributed by atoms with E-state index in [4.69, 9.17) is 14.2 Å². The fraction of sp³-hybridized carbons (Fsp3) is 0.782. The van der Waals surface area contributed by atoms with Crippen molar-refractivity contribution in [2.24, 2.45) is 0 Å². The van der Waals surface area contributed by atoms with Gasteiger partial charge in [0.25, 0.3) is 0 Å². The fourth-order valence-electron chi connectivity index (χ4n) is 7.79. The molecule has 11 nitrogen and oxygen atoms in total. The second kappa shape index (κ2) is 44.8. The van der Waals surface area contributed by atoms with Crippen LogP contribution in [0.25, 0.3) is 0 Å². The van der Waals surface area contributed by atoms with Gasteiger partial charge in [-0.1, -0.05) is 184 Å². The first kappa shape index (κ1) is 61.4. The standard InChI is InChI=1S/C55H97NO10/c1-3-5-7-9-11-13-15-16-19-23-27-31-35-39-43-51(60)64-44-40-36-32-28-24-20-17-18-22-26-30-34-38-42-50(59)56-47(46-65-55-54(63)53(62)52(61)49(45-57)66-55)48(58)41-37-33-29-25-21-14-12-10-8-6-4-2/h9,11,15-16,18,22,30,34,37,41,47-49,52-55,57-58,61-63H,3-8,10,12-14,17,19-21,23-29,31-33,35-36,38-40,42-46H2,1-2H3,(H,56,59)/b11-9-,16-15-,22-18-,34-30-,41-37+. The Hall–Kier alpha value is -2.64. The van der Waals surface area contributed by atoms with E-state index in [2.05, 4.69) is 55.6 Å². The smallest absolute Gasteiger partial charge is 0.305 e. The first-order valence-electron chi connectivity index (χ1n) is 26.6. The van der Waals surface area contributed by atoms with Crippen molar-refractivity contribution in [3.05, 3.63) is 60.8 Å². The Labute approximate surface area is 401 Å². The summed E-state index contributed by atoms with van der Waals surface area (Å²) >= 11 is 0. The molecule has 1 fully saturated rings. The number of unbranched alkanes of at least 4 members (excludes halogenated alkanes) is 22. The summed E-state index contributed by atoms with van der Waals surface area (Å²) < 4.78 is 16.6. The van der Waals surface area contributed by atoms with Gasteiger partial charge in [-0.05, 0) is 77.0 Å². The Balaban J connectivity index is 2.21. The number of aliphatic hydroxyl groups excluding tert-OH is 5. The third kappa shape index (κ3) is 34.6. The SMILES string of the molecule is CCCC/C=C\C/C=C\CCCCCCCC(=O)OCCCCCCCC/C=C\C/C=C\CCC(=O)NC(COC1OC(CO)C(O)C(O)C1O)C(O)/C=C/CCCCCCCCCCC. The first-order valence-corrected chi connectivity index (χ1v) is 26.6. The van der Waals surface area contributed by atoms with Crippen LogP contribution in [-0.2, 0) is 23.8 Å². The molecule has 0 aromatic carbocycles. The summed E-state index contributed by atoms with van der Waals surface area (Å²) in [4.78, 5) is 25.0. The molecule has 0 aromatic rings. The highest BCUT2D eigenvalue weighted by molar-refractivity contribution is 5.76. The fourth-order valence-corrected chi connectivity index (χ4v) is 7.79. The van der Waals surface area contributed by atoms with E-state index in [0.717, 1.165) is 83.5 Å². The molecule has 0 bridgehead atoms. The van der Waals surface area contributed by atoms with E-state index < -0.39 is 49.5 Å². The van der Waals surface area contributed by atoms with E-state index in [1.807, 2.05) is 18.2 Å². The van der Waals surface area contributed by atoms with E-state index in [0.29, 0.717) is 19.4 Å². The molecule has 1 aliphatic rings. The molecule has 0 radical (unpaired) electrons. The molecule has 0 aromatic heterocycles. The van der Waals surface area contributed by atoms with Crippen LogP contribution in [0, 0.1) is 0 Å². The Kier molecular flexibility index (Phi) is 41.7. The van der Waals surface area contributed by atoms with Crippen molar-refractivity contribution in [1.82, 2.24) is 5.32 Å². The Morgan fingerprint density at radius 1 is 0.561 bits per heavy atom. The molecule has 382 valence electrons. The van der Waals surface area contributed by atoms with Gasteiger partial charge in [-0.2, -0.15) is 0 Å². The lowest BCUT2D eigenvalue weighted by Crippen LogP contribution is -2.60. The highest BCUT2D eigenvalue weighted by atomic mass is 16.7. The van der Waals surface area contributed by atoms with Crippen molar-refractivity contribution < 1.29 is 49.3 Å². The minimum Gasteiger partial charge on any atom is -0.466 e. The molecule has 7 atom stereocenters. The monoisotopic (exact) mass is 932 g/mol. The minimum absolute atomic E-state index is 0.0552. The van der Waals surface area contributed by atoms with Gasteiger partial charge in [0.1, 0.15) is 24.4 Å². The molecular formula is C55H97NO10. The second-order valence-electron chi connectivity index (χ2n) is 18.2. The van der Waals surface area contributed by atoms with Crippen LogP contribution in [0.1, 0.15) is 213 Å². The van der Waals surface area contributed by atoms with Gasteiger partial charge in [-0.25, -0.2) is 0 Å². The summed E-state index contributed by atoms with van der Waals surface area (Å²) in [6.07, 6.45) is 46.0. The highest BCUT2D eigenvalue weighted by Gasteiger charge is 2.44. The van der Waals surface area contributed by atoms with Crippen LogP contribution in [-0.4, -0.2) is 100 Å². The molecule has 66 heavy (non-hydrogen) atoms. The lowest BCUT2D eigenvalue weighted by Gasteiger charge is -2.40. The normalized spacial score (nSPS) is 20.1. The van der Waals surface area contributed by atoms with Crippen molar-refractivity contribution in [1.29, 1.82) is 0 Å². The van der Waals surface area contributed by atoms with Gasteiger partial charge >= 0.3 is 5.97 Å². The summed E-state index contributed by atoms with van der Waals surface area (Å²) in [7, 11) is 0. The first-order chi connectivity index (χ1) is 32.2. The van der Waals surface area contributed by atoms with E-state index in [9.17, 15) is 35.1 Å². The highest BCUT2D eigenvalue weighted by Crippen LogP contribution is 2.22. The van der Waals surface area contributed by atoms with Gasteiger partial charge in [-0.3, -0.25) is 9.59 Å². The summed E-state index contributed by atoms with van der Waals surface area (Å²) in [6.45, 7) is 4.17. The Bertz CT molecular complexity index is 1280. The number of hydrogen-bond acceptors (Lipinski definition) is 10. The molecule has 0 saturated carbocycles. The van der Waals surface area contributed by atoms with Crippen LogP contribution in [0.3, 0.4) is 0 Å². The maximum Gasteiger partial charge on any atom is 0.305 e. The number of hydrogen-bond donors (Lipinski definition) is 6. The lowest BCUT2D eigenvalue weighted by atomic mass is 9.99. The zero-order valence-electron chi connectivity index (χ0n) is 41.6. The number of aliphatic hydroxyl groups is 5. The van der Waals surface area contributed by atoms with Crippen molar-refractivity contribution in [3.8, 4) is 0 Å². The van der Waals surface area contributed by atoms with Gasteiger partial charge in [0.05, 0.1) is 32.0 Å². The van der Waals surface area contributed by atoms with E-state index in [1.165, 1.54) is 96.3 Å². The number of ether oxygens (including phenoxy) is 3. The van der Waals surface area contributed by atoms with E-state index in [1.54, 1.807) is 6.08 Å². The van der Waals surface area contributed by atoms with Crippen molar-refractivity contribution in [3.63, 3.8) is 0 Å². The molecule has 1 heterocycles. The number of carbonyl (C=O) groups is 2. The molecule has 0 spiro atoms. The maximum atomic E-state index is 12.9. The predicted octanol–water partition coefficient (Wildman–Crippen LogP) is 11.1. The van der Waals surface area contributed by atoms with Crippen molar-refractivity contribution in [2.75, 3.05) is 19.8 Å². The van der Waals surface area contributed by atoms with Gasteiger partial charge in [0.15, 0.2) is 6.29 Å². The minimum atomic E-state index is -1.59. The summed E-state index contributed by atoms with van der Waals surface area (Å²) in [5.74, 6) is -0.321. The number of esters is 1. The van der Waals surface area contributed by atoms with Crippen LogP contribution >= 0.6 is 0 Å². The molecule has 0 aliphatic carbocycles. The molecule has 6 N–H and O–H groups in total. The molecular weight excluding hydrogens is 835 g/mol. The number of carbonyl (C=O) groups excluding carboxylic acids is 2. The number of allylic oxidation sites excluding steroid dienone is 9. The van der Waals surface area contributed by atoms with E-state index >= 15 is 0 Å². The lowest BCUT2D eigenvalue weighted by molar-refractivity contribution is -0.302. The van der Waals surface area contributed by atoms with E-state index in [-0.39, 0.29) is 24.9 Å². The zero-order chi connectivity index (χ0) is 48.1. The molecule has 1 rings (SSSR count). The molecule has 11 heteroatoms. The van der Waals surface area contributed by atoms with Crippen LogP contribution in [0.15, 0.2) is 60.8 Å². The summed E-state index contributed by atoms with van der Waals surface area (Å²) in [5.41, 5.74) is 0. The molecule has 1 aliphatic heterocycles. The maximum absolute atomic E-state index is 12.9. The van der Waals surface area contributed by atoms with Crippen LogP contribution in [0.5, 0.6) is 0 Å². The van der Waals surface area contributed by atoms with Gasteiger partial charge in [0, 0.05) is 12.8 Å². The summed E-state index contributed by atoms with van der Waals surface area (Å²) in [6, 6.07) is -0.855. The quantitative estimate of drug-likeness (QED) is 0.0196. The zero-order valence-corrected chi connectivity index (χ0v) is 41.6. The number of rotatable bonds is 44. The second-order valence-corrected chi connectivity index (χ2v) is 18.2. The molecule has 1 amide bonds. The topological polar surface area (TPSA) is 175 Å². The van der Waals surface area contributed by atoms with Crippen molar-refractivity contribution in [2.45, 2.75) is 256 Å². The van der Waals surface area contributed by atoms with Crippen LogP contribution < -0.4 is 5.32 Å². The third-order valence-corrected chi connectivity index (χ3v) is 12.1. The van der Waals surface area contributed by atoms with Crippen LogP contribution in [0.4, 0.5) is 0 Å². The Morgan fingerprint density at radius 2 is 1.05 bits per heavy atom. The summed E-state index contributed by atoms with van der Waals surface area (Å²) in [5, 5.41) is 54.1. The average Bonchev–Trinajstić information content (AvgIpc) is 3.31. The van der Waals surface area contributed by atoms with Gasteiger partial charge in [0.2, 0.25) is 5.91 Å². The number of amides is 1. The molecule has 1 saturated heterocycles. The average molecular weight is 932 g/mol. The van der Waals surface area contributed by atoms with Gasteiger partial charge < -0.3 is 45.1 Å². The van der Waals surface area contributed by atoms with Crippen molar-refractivity contribution >= 4 is 11.9 Å². The largest absolute Gasteiger partial charge is 0.466 e. The van der Waals surface area contributed by atoms with Gasteiger partial charge in [-0.15, -0.1) is 0 Å². The predicted molar refractivity (Wildman–Crippen MR) is 269 cm³/mol. The number of nitrogens with one attached hydrogen (secondary N) is 1. The van der Waals surface area contributed by atoms with Crippen LogP contribution in [0.2, 0.25) is 0 Å². The third-order valence-electron chi connectivity index (χ3n) is 12.1. The Morgan fingerprint density at radius 3 is 1.61 bits per heavy atom.